The lowest BCUT2D eigenvalue weighted by Gasteiger charge is -2.27. The van der Waals surface area contributed by atoms with Crippen LogP contribution in [0.15, 0.2) is 0 Å². The monoisotopic (exact) mass is 306 g/mol. The van der Waals surface area contributed by atoms with Crippen LogP contribution in [-0.4, -0.2) is 23.2 Å². The van der Waals surface area contributed by atoms with Crippen molar-refractivity contribution in [2.45, 2.75) is 89.2 Å². The van der Waals surface area contributed by atoms with Crippen molar-refractivity contribution >= 4 is 17.8 Å². The summed E-state index contributed by atoms with van der Waals surface area (Å²) in [6.45, 7) is 5.95. The lowest BCUT2D eigenvalue weighted by Crippen LogP contribution is -2.32. The van der Waals surface area contributed by atoms with Gasteiger partial charge in [-0.3, -0.25) is 4.89 Å². The minimum absolute atomic E-state index is 0.117. The van der Waals surface area contributed by atoms with Crippen LogP contribution < -0.4 is 0 Å². The summed E-state index contributed by atoms with van der Waals surface area (Å²) in [7, 11) is 0. The lowest BCUT2D eigenvalue weighted by molar-refractivity contribution is -0.320. The Morgan fingerprint density at radius 3 is 2.60 bits per heavy atom. The Morgan fingerprint density at radius 1 is 1.25 bits per heavy atom. The summed E-state index contributed by atoms with van der Waals surface area (Å²) in [6, 6.07) is 0. The maximum Gasteiger partial charge on any atom is 0.540 e. The van der Waals surface area contributed by atoms with E-state index >= 15 is 0 Å². The highest BCUT2D eigenvalue weighted by molar-refractivity contribution is 6.21. The molecule has 2 atom stereocenters. The van der Waals surface area contributed by atoms with E-state index < -0.39 is 11.8 Å². The first-order chi connectivity index (χ1) is 9.44. The zero-order valence-electron chi connectivity index (χ0n) is 12.8. The molecule has 0 saturated heterocycles. The van der Waals surface area contributed by atoms with Crippen LogP contribution in [0.2, 0.25) is 0 Å². The maximum absolute atomic E-state index is 11.6. The average Bonchev–Trinajstić information content (AvgIpc) is 2.40. The Hall–Kier alpha value is -0.480. The van der Waals surface area contributed by atoms with Gasteiger partial charge < -0.3 is 4.74 Å². The van der Waals surface area contributed by atoms with E-state index in [1.54, 1.807) is 0 Å². The number of hydrogen-bond donors (Lipinski definition) is 0. The highest BCUT2D eigenvalue weighted by Gasteiger charge is 2.29. The van der Waals surface area contributed by atoms with Crippen molar-refractivity contribution in [3.05, 3.63) is 0 Å². The lowest BCUT2D eigenvalue weighted by atomic mass is 9.97. The molecule has 1 aliphatic carbocycles. The Kier molecular flexibility index (Phi) is 7.67. The summed E-state index contributed by atoms with van der Waals surface area (Å²) in [5, 5.41) is -0.117. The third-order valence-electron chi connectivity index (χ3n) is 3.59. The smallest absolute Gasteiger partial charge is 0.427 e. The minimum atomic E-state index is -0.786. The summed E-state index contributed by atoms with van der Waals surface area (Å²) < 4.78 is 5.21. The number of hydrogen-bond acceptors (Lipinski definition) is 4. The van der Waals surface area contributed by atoms with E-state index in [2.05, 4.69) is 6.92 Å². The molecule has 0 aromatic carbocycles. The normalized spacial score (nSPS) is 23.4. The zero-order chi connectivity index (χ0) is 15.0. The van der Waals surface area contributed by atoms with Gasteiger partial charge in [0, 0.05) is 0 Å². The molecule has 1 fully saturated rings. The number of carbonyl (C=O) groups excluding carboxylic acids is 1. The van der Waals surface area contributed by atoms with Gasteiger partial charge in [-0.1, -0.05) is 32.6 Å². The molecule has 5 heteroatoms. The van der Waals surface area contributed by atoms with Gasteiger partial charge in [-0.15, -0.1) is 11.6 Å². The van der Waals surface area contributed by atoms with Gasteiger partial charge >= 0.3 is 6.16 Å². The number of unbranched alkanes of at least 4 members (excludes halogenated alkanes) is 2. The molecular weight excluding hydrogens is 280 g/mol. The first kappa shape index (κ1) is 17.6. The van der Waals surface area contributed by atoms with Crippen molar-refractivity contribution < 1.29 is 19.3 Å². The van der Waals surface area contributed by atoms with Gasteiger partial charge in [0.25, 0.3) is 0 Å². The van der Waals surface area contributed by atoms with Gasteiger partial charge in [0.2, 0.25) is 0 Å². The number of alkyl halides is 1. The SMILES string of the molecule is CCCCCC(C)(C)OOC(=O)OC1CCCCC1Cl. The summed E-state index contributed by atoms with van der Waals surface area (Å²) in [4.78, 5) is 21.6. The van der Waals surface area contributed by atoms with Crippen LogP contribution >= 0.6 is 11.6 Å². The first-order valence-corrected chi connectivity index (χ1v) is 8.08. The Bertz CT molecular complexity index is 294. The molecule has 0 aromatic heterocycles. The second kappa shape index (κ2) is 8.73. The van der Waals surface area contributed by atoms with Gasteiger partial charge in [0.1, 0.15) is 11.7 Å². The molecule has 1 aliphatic rings. The van der Waals surface area contributed by atoms with Crippen LogP contribution in [0.25, 0.3) is 0 Å². The summed E-state index contributed by atoms with van der Waals surface area (Å²) in [5.41, 5.74) is -0.485. The van der Waals surface area contributed by atoms with Gasteiger partial charge in [0.05, 0.1) is 5.38 Å². The molecule has 2 unspecified atom stereocenters. The Morgan fingerprint density at radius 2 is 1.95 bits per heavy atom. The van der Waals surface area contributed by atoms with Crippen molar-refractivity contribution in [3.63, 3.8) is 0 Å². The molecule has 0 aromatic rings. The number of ether oxygens (including phenoxy) is 1. The fourth-order valence-corrected chi connectivity index (χ4v) is 2.65. The molecule has 118 valence electrons. The van der Waals surface area contributed by atoms with Crippen molar-refractivity contribution in [3.8, 4) is 0 Å². The Balaban J connectivity index is 2.24. The molecule has 0 radical (unpaired) electrons. The molecule has 20 heavy (non-hydrogen) atoms. The summed E-state index contributed by atoms with van der Waals surface area (Å²) in [6.07, 6.45) is 6.94. The predicted molar refractivity (Wildman–Crippen MR) is 78.8 cm³/mol. The zero-order valence-corrected chi connectivity index (χ0v) is 13.6. The maximum atomic E-state index is 11.6. The van der Waals surface area contributed by atoms with Crippen LogP contribution in [-0.2, 0) is 14.5 Å². The molecule has 0 amide bonds. The number of rotatable bonds is 7. The van der Waals surface area contributed by atoms with Gasteiger partial charge in [0.15, 0.2) is 0 Å². The fraction of sp³-hybridized carbons (Fsp3) is 0.933. The molecule has 4 nitrogen and oxygen atoms in total. The number of carbonyl (C=O) groups is 1. The quantitative estimate of drug-likeness (QED) is 0.219. The molecule has 0 aliphatic heterocycles. The molecular formula is C15H27ClO4. The first-order valence-electron chi connectivity index (χ1n) is 7.65. The largest absolute Gasteiger partial charge is 0.540 e. The highest BCUT2D eigenvalue weighted by atomic mass is 35.5. The van der Waals surface area contributed by atoms with E-state index in [4.69, 9.17) is 26.1 Å². The van der Waals surface area contributed by atoms with E-state index in [0.717, 1.165) is 51.4 Å². The van der Waals surface area contributed by atoms with E-state index in [9.17, 15) is 4.79 Å². The van der Waals surface area contributed by atoms with Crippen molar-refractivity contribution in [1.82, 2.24) is 0 Å². The van der Waals surface area contributed by atoms with Gasteiger partial charge in [-0.25, -0.2) is 4.79 Å². The second-order valence-corrected chi connectivity index (χ2v) is 6.65. The second-order valence-electron chi connectivity index (χ2n) is 6.09. The average molecular weight is 307 g/mol. The summed E-state index contributed by atoms with van der Waals surface area (Å²) in [5.74, 6) is 0. The van der Waals surface area contributed by atoms with Crippen LogP contribution in [0.3, 0.4) is 0 Å². The number of halogens is 1. The van der Waals surface area contributed by atoms with Gasteiger partial charge in [-0.2, -0.15) is 4.89 Å². The van der Waals surface area contributed by atoms with Crippen LogP contribution in [0.5, 0.6) is 0 Å². The van der Waals surface area contributed by atoms with E-state index in [-0.39, 0.29) is 11.5 Å². The molecule has 0 spiro atoms. The molecule has 1 rings (SSSR count). The Labute approximate surface area is 127 Å². The van der Waals surface area contributed by atoms with E-state index in [1.165, 1.54) is 0 Å². The van der Waals surface area contributed by atoms with Crippen LogP contribution in [0, 0.1) is 0 Å². The molecule has 1 saturated carbocycles. The molecule has 0 N–H and O–H groups in total. The van der Waals surface area contributed by atoms with E-state index in [1.807, 2.05) is 13.8 Å². The van der Waals surface area contributed by atoms with Crippen molar-refractivity contribution in [2.75, 3.05) is 0 Å². The predicted octanol–water partition coefficient (Wildman–Crippen LogP) is 4.98. The van der Waals surface area contributed by atoms with Crippen molar-refractivity contribution in [1.29, 1.82) is 0 Å². The van der Waals surface area contributed by atoms with Gasteiger partial charge in [-0.05, 0) is 39.5 Å². The standard InChI is InChI=1S/C15H27ClO4/c1-4-5-8-11-15(2,3)20-19-14(17)18-13-10-7-6-9-12(13)16/h12-13H,4-11H2,1-3H3. The van der Waals surface area contributed by atoms with Crippen LogP contribution in [0.4, 0.5) is 4.79 Å². The fourth-order valence-electron chi connectivity index (χ4n) is 2.32. The molecule has 0 bridgehead atoms. The third kappa shape index (κ3) is 6.80. The summed E-state index contributed by atoms with van der Waals surface area (Å²) >= 11 is 6.13. The molecule has 0 heterocycles. The van der Waals surface area contributed by atoms with Crippen LogP contribution in [0.1, 0.15) is 72.1 Å². The highest BCUT2D eigenvalue weighted by Crippen LogP contribution is 2.26. The minimum Gasteiger partial charge on any atom is -0.427 e. The van der Waals surface area contributed by atoms with Crippen molar-refractivity contribution in [2.24, 2.45) is 0 Å². The topological polar surface area (TPSA) is 44.8 Å². The van der Waals surface area contributed by atoms with E-state index in [0.29, 0.717) is 0 Å². The third-order valence-corrected chi connectivity index (χ3v) is 4.09.